The van der Waals surface area contributed by atoms with E-state index in [4.69, 9.17) is 0 Å². The summed E-state index contributed by atoms with van der Waals surface area (Å²) in [5, 5.41) is 7.19. The Morgan fingerprint density at radius 3 is 2.71 bits per heavy atom. The topological polar surface area (TPSA) is 61.9 Å². The smallest absolute Gasteiger partial charge is 0.272 e. The number of hydrogen-bond donors (Lipinski definition) is 1. The number of aromatic amines is 1. The van der Waals surface area contributed by atoms with Crippen molar-refractivity contribution in [1.29, 1.82) is 0 Å². The number of carbonyl (C=O) groups is 1. The highest BCUT2D eigenvalue weighted by molar-refractivity contribution is 5.93. The lowest BCUT2D eigenvalue weighted by molar-refractivity contribution is 0.0729. The summed E-state index contributed by atoms with van der Waals surface area (Å²) in [6.07, 6.45) is 5.55. The van der Waals surface area contributed by atoms with E-state index in [2.05, 4.69) is 15.2 Å². The van der Waals surface area contributed by atoms with Crippen molar-refractivity contribution in [3.63, 3.8) is 0 Å². The van der Waals surface area contributed by atoms with Crippen LogP contribution >= 0.6 is 0 Å². The third-order valence-electron chi connectivity index (χ3n) is 4.48. The number of nitrogens with one attached hydrogen (secondary N) is 1. The van der Waals surface area contributed by atoms with E-state index in [1.807, 2.05) is 53.4 Å². The summed E-state index contributed by atoms with van der Waals surface area (Å²) in [6.45, 7) is 0.769. The maximum Gasteiger partial charge on any atom is 0.272 e. The summed E-state index contributed by atoms with van der Waals surface area (Å²) >= 11 is 0. The Morgan fingerprint density at radius 2 is 1.92 bits per heavy atom. The third-order valence-corrected chi connectivity index (χ3v) is 4.48. The average molecular weight is 318 g/mol. The molecule has 0 spiro atoms. The lowest BCUT2D eigenvalue weighted by Crippen LogP contribution is -2.30. The summed E-state index contributed by atoms with van der Waals surface area (Å²) in [4.78, 5) is 18.9. The minimum absolute atomic E-state index is 0.00370. The second kappa shape index (κ2) is 6.28. The zero-order valence-electron chi connectivity index (χ0n) is 13.2. The van der Waals surface area contributed by atoms with Crippen LogP contribution in [0.2, 0.25) is 0 Å². The number of hydrogen-bond acceptors (Lipinski definition) is 3. The molecule has 5 heteroatoms. The van der Waals surface area contributed by atoms with E-state index < -0.39 is 0 Å². The summed E-state index contributed by atoms with van der Waals surface area (Å²) in [7, 11) is 0. The zero-order valence-corrected chi connectivity index (χ0v) is 13.2. The molecule has 2 aromatic heterocycles. The molecule has 0 bridgehead atoms. The summed E-state index contributed by atoms with van der Waals surface area (Å²) < 4.78 is 0. The molecule has 1 amide bonds. The van der Waals surface area contributed by atoms with Crippen LogP contribution in [0.4, 0.5) is 0 Å². The van der Waals surface area contributed by atoms with Gasteiger partial charge in [-0.15, -0.1) is 0 Å². The van der Waals surface area contributed by atoms with Crippen molar-refractivity contribution in [1.82, 2.24) is 20.1 Å². The van der Waals surface area contributed by atoms with Crippen molar-refractivity contribution in [2.24, 2.45) is 0 Å². The number of aromatic nitrogens is 3. The van der Waals surface area contributed by atoms with Gasteiger partial charge < -0.3 is 4.90 Å². The SMILES string of the molecule is O=C(c1cc(-c2ccccc2)n[nH]1)N1CCCC1c1ccncc1. The standard InChI is InChI=1S/C19H18N4O/c24-19(17-13-16(21-22-17)14-5-2-1-3-6-14)23-12-4-7-18(23)15-8-10-20-11-9-15/h1-3,5-6,8-11,13,18H,4,7,12H2,(H,21,22). The molecule has 0 aliphatic carbocycles. The van der Waals surface area contributed by atoms with Gasteiger partial charge in [0.2, 0.25) is 0 Å². The first kappa shape index (κ1) is 14.6. The Morgan fingerprint density at radius 1 is 1.12 bits per heavy atom. The monoisotopic (exact) mass is 318 g/mol. The van der Waals surface area contributed by atoms with Gasteiger partial charge >= 0.3 is 0 Å². The molecule has 5 nitrogen and oxygen atoms in total. The van der Waals surface area contributed by atoms with Gasteiger partial charge in [-0.2, -0.15) is 5.10 Å². The van der Waals surface area contributed by atoms with Gasteiger partial charge in [0.1, 0.15) is 5.69 Å². The first-order valence-electron chi connectivity index (χ1n) is 8.14. The second-order valence-corrected chi connectivity index (χ2v) is 5.97. The molecular weight excluding hydrogens is 300 g/mol. The van der Waals surface area contributed by atoms with E-state index in [1.165, 1.54) is 0 Å². The highest BCUT2D eigenvalue weighted by atomic mass is 16.2. The zero-order chi connectivity index (χ0) is 16.4. The van der Waals surface area contributed by atoms with Crippen LogP contribution in [0, 0.1) is 0 Å². The van der Waals surface area contributed by atoms with E-state index in [-0.39, 0.29) is 11.9 Å². The van der Waals surface area contributed by atoms with Crippen molar-refractivity contribution in [2.45, 2.75) is 18.9 Å². The van der Waals surface area contributed by atoms with Crippen LogP contribution in [0.5, 0.6) is 0 Å². The maximum atomic E-state index is 12.9. The summed E-state index contributed by atoms with van der Waals surface area (Å²) in [6, 6.07) is 15.8. The summed E-state index contributed by atoms with van der Waals surface area (Å²) in [5.74, 6) is 0.00370. The lowest BCUT2D eigenvalue weighted by Gasteiger charge is -2.24. The molecule has 1 aliphatic heterocycles. The van der Waals surface area contributed by atoms with Crippen molar-refractivity contribution >= 4 is 5.91 Å². The van der Waals surface area contributed by atoms with Gasteiger partial charge in [0.25, 0.3) is 5.91 Å². The molecule has 1 unspecified atom stereocenters. The Hall–Kier alpha value is -2.95. The first-order chi connectivity index (χ1) is 11.8. The molecule has 1 N–H and O–H groups in total. The number of amides is 1. The number of benzene rings is 1. The van der Waals surface area contributed by atoms with Gasteiger partial charge in [-0.05, 0) is 36.6 Å². The van der Waals surface area contributed by atoms with Crippen LogP contribution in [0.1, 0.15) is 34.9 Å². The van der Waals surface area contributed by atoms with Crippen LogP contribution in [-0.4, -0.2) is 32.5 Å². The Labute approximate surface area is 140 Å². The number of carbonyl (C=O) groups excluding carboxylic acids is 1. The molecule has 1 aliphatic rings. The quantitative estimate of drug-likeness (QED) is 0.804. The normalized spacial score (nSPS) is 17.2. The fraction of sp³-hybridized carbons (Fsp3) is 0.211. The van der Waals surface area contributed by atoms with Crippen molar-refractivity contribution in [3.05, 3.63) is 72.2 Å². The molecule has 3 heterocycles. The van der Waals surface area contributed by atoms with Crippen LogP contribution in [0.15, 0.2) is 60.9 Å². The molecule has 3 aromatic rings. The number of pyridine rings is 1. The van der Waals surface area contributed by atoms with Gasteiger partial charge in [0, 0.05) is 24.5 Å². The highest BCUT2D eigenvalue weighted by Gasteiger charge is 2.31. The van der Waals surface area contributed by atoms with Crippen molar-refractivity contribution in [2.75, 3.05) is 6.54 Å². The number of rotatable bonds is 3. The largest absolute Gasteiger partial charge is 0.330 e. The van der Waals surface area contributed by atoms with Gasteiger partial charge in [0.15, 0.2) is 0 Å². The fourth-order valence-corrected chi connectivity index (χ4v) is 3.28. The van der Waals surface area contributed by atoms with Crippen LogP contribution < -0.4 is 0 Å². The van der Waals surface area contributed by atoms with Gasteiger partial charge in [0.05, 0.1) is 11.7 Å². The number of H-pyrrole nitrogens is 1. The average Bonchev–Trinajstić information content (AvgIpc) is 3.32. The van der Waals surface area contributed by atoms with Crippen molar-refractivity contribution < 1.29 is 4.79 Å². The van der Waals surface area contributed by atoms with E-state index >= 15 is 0 Å². The molecule has 1 saturated heterocycles. The predicted octanol–water partition coefficient (Wildman–Crippen LogP) is 3.45. The minimum Gasteiger partial charge on any atom is -0.330 e. The van der Waals surface area contributed by atoms with Gasteiger partial charge in [-0.1, -0.05) is 30.3 Å². The second-order valence-electron chi connectivity index (χ2n) is 5.97. The minimum atomic E-state index is 0.00370. The maximum absolute atomic E-state index is 12.9. The molecule has 24 heavy (non-hydrogen) atoms. The number of likely N-dealkylation sites (tertiary alicyclic amines) is 1. The van der Waals surface area contributed by atoms with E-state index in [9.17, 15) is 4.79 Å². The molecular formula is C19H18N4O. The molecule has 1 aromatic carbocycles. The van der Waals surface area contributed by atoms with E-state index in [1.54, 1.807) is 12.4 Å². The van der Waals surface area contributed by atoms with Gasteiger partial charge in [-0.3, -0.25) is 14.9 Å². The molecule has 1 fully saturated rings. The van der Waals surface area contributed by atoms with E-state index in [0.29, 0.717) is 5.69 Å². The number of nitrogens with zero attached hydrogens (tertiary/aromatic N) is 3. The molecule has 4 rings (SSSR count). The first-order valence-corrected chi connectivity index (χ1v) is 8.14. The fourth-order valence-electron chi connectivity index (χ4n) is 3.28. The molecule has 0 radical (unpaired) electrons. The van der Waals surface area contributed by atoms with Crippen LogP contribution in [-0.2, 0) is 0 Å². The Balaban J connectivity index is 1.58. The molecule has 120 valence electrons. The predicted molar refractivity (Wildman–Crippen MR) is 91.3 cm³/mol. The Kier molecular flexibility index (Phi) is 3.83. The van der Waals surface area contributed by atoms with Crippen LogP contribution in [0.25, 0.3) is 11.3 Å². The van der Waals surface area contributed by atoms with Gasteiger partial charge in [-0.25, -0.2) is 0 Å². The molecule has 1 atom stereocenters. The lowest BCUT2D eigenvalue weighted by atomic mass is 10.1. The molecule has 0 saturated carbocycles. The van der Waals surface area contributed by atoms with Crippen molar-refractivity contribution in [3.8, 4) is 11.3 Å². The van der Waals surface area contributed by atoms with Crippen LogP contribution in [0.3, 0.4) is 0 Å². The van der Waals surface area contributed by atoms with E-state index in [0.717, 1.165) is 36.2 Å². The Bertz CT molecular complexity index is 829. The summed E-state index contributed by atoms with van der Waals surface area (Å²) in [5.41, 5.74) is 3.46. The third kappa shape index (κ3) is 2.69. The highest BCUT2D eigenvalue weighted by Crippen LogP contribution is 2.32.